The van der Waals surface area contributed by atoms with Crippen LogP contribution in [0.2, 0.25) is 0 Å². The molecule has 0 bridgehead atoms. The zero-order valence-electron chi connectivity index (χ0n) is 17.0. The summed E-state index contributed by atoms with van der Waals surface area (Å²) in [5.74, 6) is -0.186. The number of rotatable bonds is 5. The fraction of sp³-hybridized carbons (Fsp3) is 0.409. The van der Waals surface area contributed by atoms with Crippen LogP contribution in [0.5, 0.6) is 0 Å². The fourth-order valence-corrected chi connectivity index (χ4v) is 3.44. The number of piperazine rings is 1. The maximum atomic E-state index is 13.5. The summed E-state index contributed by atoms with van der Waals surface area (Å²) in [5.41, 5.74) is 2.34. The zero-order valence-corrected chi connectivity index (χ0v) is 17.0. The molecular formula is C22H25FN4O2. The van der Waals surface area contributed by atoms with E-state index in [2.05, 4.69) is 14.8 Å². The summed E-state index contributed by atoms with van der Waals surface area (Å²) >= 11 is 0. The van der Waals surface area contributed by atoms with Gasteiger partial charge in [-0.25, -0.2) is 14.2 Å². The molecule has 1 aliphatic heterocycles. The van der Waals surface area contributed by atoms with E-state index in [9.17, 15) is 9.18 Å². The number of benzene rings is 1. The monoisotopic (exact) mass is 396 g/mol. The number of nitrogens with zero attached hydrogens (tertiary/aromatic N) is 4. The van der Waals surface area contributed by atoms with Crippen LogP contribution in [0.25, 0.3) is 0 Å². The van der Waals surface area contributed by atoms with Crippen molar-refractivity contribution < 1.29 is 13.9 Å². The normalized spacial score (nSPS) is 14.7. The number of ether oxygens (including phenoxy) is 1. The van der Waals surface area contributed by atoms with Gasteiger partial charge in [-0.2, -0.15) is 5.26 Å². The summed E-state index contributed by atoms with van der Waals surface area (Å²) < 4.78 is 18.9. The van der Waals surface area contributed by atoms with Crippen LogP contribution in [-0.2, 0) is 11.3 Å². The first-order valence-corrected chi connectivity index (χ1v) is 9.71. The summed E-state index contributed by atoms with van der Waals surface area (Å²) in [7, 11) is 0. The molecule has 1 fully saturated rings. The molecule has 0 N–H and O–H groups in total. The Labute approximate surface area is 170 Å². The molecule has 0 spiro atoms. The topological polar surface area (TPSA) is 69.5 Å². The second-order valence-electron chi connectivity index (χ2n) is 7.47. The zero-order chi connectivity index (χ0) is 21.0. The molecule has 0 radical (unpaired) electrons. The Kier molecular flexibility index (Phi) is 6.45. The van der Waals surface area contributed by atoms with E-state index < -0.39 is 5.82 Å². The van der Waals surface area contributed by atoms with Gasteiger partial charge in [0.25, 0.3) is 0 Å². The van der Waals surface area contributed by atoms with Gasteiger partial charge in [0, 0.05) is 38.9 Å². The largest absolute Gasteiger partial charge is 0.459 e. The van der Waals surface area contributed by atoms with Gasteiger partial charge in [0.2, 0.25) is 0 Å². The number of carbonyl (C=O) groups is 1. The van der Waals surface area contributed by atoms with Gasteiger partial charge in [-0.15, -0.1) is 0 Å². The molecule has 0 aliphatic carbocycles. The van der Waals surface area contributed by atoms with Crippen LogP contribution in [-0.4, -0.2) is 48.1 Å². The lowest BCUT2D eigenvalue weighted by Gasteiger charge is -2.36. The van der Waals surface area contributed by atoms with Crippen molar-refractivity contribution >= 4 is 11.8 Å². The lowest BCUT2D eigenvalue weighted by atomic mass is 10.1. The molecule has 3 rings (SSSR count). The number of esters is 1. The average Bonchev–Trinajstić information content (AvgIpc) is 2.69. The highest BCUT2D eigenvalue weighted by Crippen LogP contribution is 2.24. The molecule has 7 heteroatoms. The first kappa shape index (κ1) is 20.7. The Morgan fingerprint density at radius 1 is 1.28 bits per heavy atom. The minimum absolute atomic E-state index is 0.0680. The number of hydrogen-bond donors (Lipinski definition) is 0. The second-order valence-corrected chi connectivity index (χ2v) is 7.47. The van der Waals surface area contributed by atoms with E-state index in [1.165, 1.54) is 6.07 Å². The van der Waals surface area contributed by atoms with Crippen LogP contribution in [0.3, 0.4) is 0 Å². The van der Waals surface area contributed by atoms with Crippen LogP contribution >= 0.6 is 0 Å². The maximum Gasteiger partial charge on any atom is 0.342 e. The number of halogens is 1. The standard InChI is InChI=1S/C22H25FN4O2/c1-15(2)29-22(28)20-16(3)6-7-25-21(20)27-10-8-26(9-11-27)14-17-4-5-19(23)18(12-17)13-24/h4-7,12,15H,8-11,14H2,1-3H3. The lowest BCUT2D eigenvalue weighted by Crippen LogP contribution is -2.46. The van der Waals surface area contributed by atoms with Gasteiger partial charge in [0.15, 0.2) is 0 Å². The predicted octanol–water partition coefficient (Wildman–Crippen LogP) is 3.29. The van der Waals surface area contributed by atoms with Gasteiger partial charge >= 0.3 is 5.97 Å². The molecule has 0 unspecified atom stereocenters. The number of anilines is 1. The van der Waals surface area contributed by atoms with Crippen molar-refractivity contribution in [1.82, 2.24) is 9.88 Å². The van der Waals surface area contributed by atoms with E-state index in [0.717, 1.165) is 24.2 Å². The van der Waals surface area contributed by atoms with E-state index in [4.69, 9.17) is 10.00 Å². The first-order chi connectivity index (χ1) is 13.9. The Balaban J connectivity index is 1.69. The second kappa shape index (κ2) is 9.01. The third-order valence-electron chi connectivity index (χ3n) is 4.92. The average molecular weight is 396 g/mol. The number of pyridine rings is 1. The van der Waals surface area contributed by atoms with E-state index in [0.29, 0.717) is 31.0 Å². The molecular weight excluding hydrogens is 371 g/mol. The fourth-order valence-electron chi connectivity index (χ4n) is 3.44. The van der Waals surface area contributed by atoms with E-state index >= 15 is 0 Å². The van der Waals surface area contributed by atoms with E-state index in [-0.39, 0.29) is 17.6 Å². The van der Waals surface area contributed by atoms with Crippen molar-refractivity contribution in [3.63, 3.8) is 0 Å². The van der Waals surface area contributed by atoms with Gasteiger partial charge in [0.05, 0.1) is 11.7 Å². The van der Waals surface area contributed by atoms with Crippen LogP contribution in [0, 0.1) is 24.1 Å². The van der Waals surface area contributed by atoms with Crippen LogP contribution < -0.4 is 4.90 Å². The molecule has 2 aromatic rings. The molecule has 1 aliphatic rings. The highest BCUT2D eigenvalue weighted by Gasteiger charge is 2.25. The molecule has 0 amide bonds. The third kappa shape index (κ3) is 4.90. The summed E-state index contributed by atoms with van der Waals surface area (Å²) in [6.45, 7) is 9.16. The van der Waals surface area contributed by atoms with Crippen molar-refractivity contribution in [2.75, 3.05) is 31.1 Å². The molecule has 152 valence electrons. The van der Waals surface area contributed by atoms with Crippen molar-refractivity contribution in [3.8, 4) is 6.07 Å². The third-order valence-corrected chi connectivity index (χ3v) is 4.92. The molecule has 6 nitrogen and oxygen atoms in total. The smallest absolute Gasteiger partial charge is 0.342 e. The number of aromatic nitrogens is 1. The Morgan fingerprint density at radius 2 is 2.00 bits per heavy atom. The number of hydrogen-bond acceptors (Lipinski definition) is 6. The van der Waals surface area contributed by atoms with Crippen molar-refractivity contribution in [2.24, 2.45) is 0 Å². The van der Waals surface area contributed by atoms with Crippen molar-refractivity contribution in [1.29, 1.82) is 5.26 Å². The summed E-state index contributed by atoms with van der Waals surface area (Å²) in [6.07, 6.45) is 1.52. The highest BCUT2D eigenvalue weighted by atomic mass is 19.1. The van der Waals surface area contributed by atoms with Crippen molar-refractivity contribution in [2.45, 2.75) is 33.4 Å². The Morgan fingerprint density at radius 3 is 2.66 bits per heavy atom. The van der Waals surface area contributed by atoms with E-state index in [1.54, 1.807) is 18.3 Å². The predicted molar refractivity (Wildman–Crippen MR) is 108 cm³/mol. The molecule has 1 aromatic heterocycles. The van der Waals surface area contributed by atoms with Gasteiger partial charge in [-0.05, 0) is 50.1 Å². The van der Waals surface area contributed by atoms with Crippen LogP contribution in [0.15, 0.2) is 30.5 Å². The quantitative estimate of drug-likeness (QED) is 0.723. The van der Waals surface area contributed by atoms with Gasteiger partial charge in [-0.1, -0.05) is 6.07 Å². The van der Waals surface area contributed by atoms with Gasteiger partial charge < -0.3 is 9.64 Å². The molecule has 29 heavy (non-hydrogen) atoms. The van der Waals surface area contributed by atoms with Gasteiger partial charge in [0.1, 0.15) is 23.3 Å². The van der Waals surface area contributed by atoms with Crippen LogP contribution in [0.4, 0.5) is 10.2 Å². The van der Waals surface area contributed by atoms with E-state index in [1.807, 2.05) is 32.9 Å². The van der Waals surface area contributed by atoms with Gasteiger partial charge in [-0.3, -0.25) is 4.90 Å². The minimum atomic E-state index is -0.493. The summed E-state index contributed by atoms with van der Waals surface area (Å²) in [4.78, 5) is 21.4. The van der Waals surface area contributed by atoms with Crippen LogP contribution in [0.1, 0.15) is 40.9 Å². The molecule has 0 atom stereocenters. The molecule has 1 saturated heterocycles. The first-order valence-electron chi connectivity index (χ1n) is 9.71. The number of aryl methyl sites for hydroxylation is 1. The number of carbonyl (C=O) groups excluding carboxylic acids is 1. The highest BCUT2D eigenvalue weighted by molar-refractivity contribution is 5.96. The summed E-state index contributed by atoms with van der Waals surface area (Å²) in [5, 5.41) is 9.00. The van der Waals surface area contributed by atoms with Crippen molar-refractivity contribution in [3.05, 3.63) is 58.5 Å². The Hall–Kier alpha value is -2.98. The number of nitriles is 1. The molecule has 0 saturated carbocycles. The molecule has 1 aromatic carbocycles. The summed E-state index contributed by atoms with van der Waals surface area (Å²) in [6, 6.07) is 8.36. The maximum absolute atomic E-state index is 13.5. The SMILES string of the molecule is Cc1ccnc(N2CCN(Cc3ccc(F)c(C#N)c3)CC2)c1C(=O)OC(C)C. The minimum Gasteiger partial charge on any atom is -0.459 e. The lowest BCUT2D eigenvalue weighted by molar-refractivity contribution is 0.0377. The Bertz CT molecular complexity index is 931. The molecule has 2 heterocycles.